The maximum Gasteiger partial charge on any atom is 0.252 e. The fraction of sp³-hybridized carbons (Fsp3) is 0.286. The van der Waals surface area contributed by atoms with Crippen LogP contribution in [0.1, 0.15) is 10.4 Å². The monoisotopic (exact) mass is 363 g/mol. The van der Waals surface area contributed by atoms with Gasteiger partial charge in [-0.15, -0.1) is 22.9 Å². The van der Waals surface area contributed by atoms with Crippen LogP contribution in [-0.4, -0.2) is 25.7 Å². The molecule has 0 aliphatic carbocycles. The molecule has 0 saturated heterocycles. The van der Waals surface area contributed by atoms with Gasteiger partial charge in [0.2, 0.25) is 0 Å². The minimum Gasteiger partial charge on any atom is -0.206 e. The van der Waals surface area contributed by atoms with E-state index in [0.717, 1.165) is 10.4 Å². The van der Waals surface area contributed by atoms with E-state index in [9.17, 15) is 8.42 Å². The van der Waals surface area contributed by atoms with Gasteiger partial charge in [-0.05, 0) is 36.2 Å². The highest BCUT2D eigenvalue weighted by molar-refractivity contribution is 7.91. The molecule has 0 saturated carbocycles. The van der Waals surface area contributed by atoms with E-state index in [4.69, 9.17) is 23.2 Å². The highest BCUT2D eigenvalue weighted by atomic mass is 35.5. The molecule has 3 nitrogen and oxygen atoms in total. The van der Waals surface area contributed by atoms with Crippen LogP contribution in [0.15, 0.2) is 40.6 Å². The van der Waals surface area contributed by atoms with Crippen LogP contribution in [0.5, 0.6) is 0 Å². The number of rotatable bonds is 6. The molecule has 0 aliphatic heterocycles. The maximum atomic E-state index is 12.5. The Morgan fingerprint density at radius 2 is 2.00 bits per heavy atom. The number of nitrogens with zero attached hydrogens (tertiary/aromatic N) is 1. The Hall–Kier alpha value is -0.590. The second-order valence-corrected chi connectivity index (χ2v) is 8.81. The van der Waals surface area contributed by atoms with Gasteiger partial charge in [-0.1, -0.05) is 23.7 Å². The van der Waals surface area contributed by atoms with E-state index < -0.39 is 10.0 Å². The van der Waals surface area contributed by atoms with Crippen molar-refractivity contribution in [3.05, 3.63) is 51.9 Å². The fourth-order valence-electron chi connectivity index (χ4n) is 1.86. The molecule has 0 radical (unpaired) electrons. The largest absolute Gasteiger partial charge is 0.252 e. The molecule has 1 heterocycles. The molecule has 0 atom stereocenters. The van der Waals surface area contributed by atoms with E-state index in [1.165, 1.54) is 15.6 Å². The predicted molar refractivity (Wildman–Crippen MR) is 88.8 cm³/mol. The lowest BCUT2D eigenvalue weighted by molar-refractivity contribution is 0.468. The van der Waals surface area contributed by atoms with Crippen molar-refractivity contribution >= 4 is 44.6 Å². The van der Waals surface area contributed by atoms with Gasteiger partial charge in [-0.25, -0.2) is 8.42 Å². The Bertz CT molecular complexity index is 713. The molecule has 0 bridgehead atoms. The SMILES string of the molecule is CN(Cc1cccc(Cl)c1)S(=O)(=O)c1ccc(CCCl)s1. The van der Waals surface area contributed by atoms with E-state index in [1.807, 2.05) is 18.2 Å². The molecule has 0 N–H and O–H groups in total. The molecular weight excluding hydrogens is 349 g/mol. The Balaban J connectivity index is 2.17. The zero-order valence-corrected chi connectivity index (χ0v) is 14.6. The highest BCUT2D eigenvalue weighted by Crippen LogP contribution is 2.26. The molecule has 1 aromatic carbocycles. The van der Waals surface area contributed by atoms with Crippen LogP contribution >= 0.6 is 34.5 Å². The number of hydrogen-bond acceptors (Lipinski definition) is 3. The molecule has 21 heavy (non-hydrogen) atoms. The quantitative estimate of drug-likeness (QED) is 0.727. The lowest BCUT2D eigenvalue weighted by atomic mass is 10.2. The normalized spacial score (nSPS) is 12.0. The van der Waals surface area contributed by atoms with Crippen LogP contribution < -0.4 is 0 Å². The molecule has 114 valence electrons. The third kappa shape index (κ3) is 4.20. The molecule has 7 heteroatoms. The molecule has 2 aromatic rings. The molecular formula is C14H15Cl2NO2S2. The van der Waals surface area contributed by atoms with Gasteiger partial charge < -0.3 is 0 Å². The molecule has 0 fully saturated rings. The van der Waals surface area contributed by atoms with Crippen molar-refractivity contribution in [1.82, 2.24) is 4.31 Å². The van der Waals surface area contributed by atoms with E-state index in [2.05, 4.69) is 0 Å². The first-order chi connectivity index (χ1) is 9.93. The van der Waals surface area contributed by atoms with Gasteiger partial charge in [0.25, 0.3) is 10.0 Å². The van der Waals surface area contributed by atoms with Gasteiger partial charge in [-0.3, -0.25) is 0 Å². The van der Waals surface area contributed by atoms with Gasteiger partial charge in [0.1, 0.15) is 4.21 Å². The summed E-state index contributed by atoms with van der Waals surface area (Å²) in [5.41, 5.74) is 0.853. The van der Waals surface area contributed by atoms with Gasteiger partial charge in [-0.2, -0.15) is 4.31 Å². The van der Waals surface area contributed by atoms with Crippen LogP contribution in [-0.2, 0) is 23.0 Å². The van der Waals surface area contributed by atoms with E-state index in [0.29, 0.717) is 21.5 Å². The summed E-state index contributed by atoms with van der Waals surface area (Å²) in [6.07, 6.45) is 0.680. The fourth-order valence-corrected chi connectivity index (χ4v) is 5.11. The van der Waals surface area contributed by atoms with Gasteiger partial charge in [0.15, 0.2) is 0 Å². The van der Waals surface area contributed by atoms with Crippen molar-refractivity contribution in [3.63, 3.8) is 0 Å². The van der Waals surface area contributed by atoms with E-state index in [-0.39, 0.29) is 6.54 Å². The van der Waals surface area contributed by atoms with Gasteiger partial charge in [0, 0.05) is 29.4 Å². The molecule has 1 aromatic heterocycles. The minimum atomic E-state index is -3.48. The summed E-state index contributed by atoms with van der Waals surface area (Å²) in [4.78, 5) is 0.972. The Labute approximate surface area is 139 Å². The molecule has 2 rings (SSSR count). The highest BCUT2D eigenvalue weighted by Gasteiger charge is 2.22. The average molecular weight is 364 g/mol. The number of aryl methyl sites for hydroxylation is 1. The number of alkyl halides is 1. The summed E-state index contributed by atoms with van der Waals surface area (Å²) >= 11 is 12.9. The lowest BCUT2D eigenvalue weighted by Crippen LogP contribution is -2.25. The number of sulfonamides is 1. The van der Waals surface area contributed by atoms with Crippen molar-refractivity contribution in [3.8, 4) is 0 Å². The van der Waals surface area contributed by atoms with Crippen molar-refractivity contribution in [2.24, 2.45) is 0 Å². The van der Waals surface area contributed by atoms with Crippen molar-refractivity contribution in [2.75, 3.05) is 12.9 Å². The topological polar surface area (TPSA) is 37.4 Å². The molecule has 0 unspecified atom stereocenters. The van der Waals surface area contributed by atoms with Crippen LogP contribution in [0.3, 0.4) is 0 Å². The first-order valence-corrected chi connectivity index (χ1v) is 9.46. The smallest absolute Gasteiger partial charge is 0.206 e. The standard InChI is InChI=1S/C14H15Cl2NO2S2/c1-17(10-11-3-2-4-12(16)9-11)21(18,19)14-6-5-13(20-14)7-8-15/h2-6,9H,7-8,10H2,1H3. The van der Waals surface area contributed by atoms with Crippen LogP contribution in [0.4, 0.5) is 0 Å². The number of thiophene rings is 1. The van der Waals surface area contributed by atoms with E-state index in [1.54, 1.807) is 25.2 Å². The number of halogens is 2. The summed E-state index contributed by atoms with van der Waals surface area (Å²) in [5, 5.41) is 0.596. The summed E-state index contributed by atoms with van der Waals surface area (Å²) < 4.78 is 26.7. The van der Waals surface area contributed by atoms with Crippen LogP contribution in [0.25, 0.3) is 0 Å². The Morgan fingerprint density at radius 3 is 2.67 bits per heavy atom. The minimum absolute atomic E-state index is 0.283. The summed E-state index contributed by atoms with van der Waals surface area (Å²) in [6.45, 7) is 0.283. The summed E-state index contributed by atoms with van der Waals surface area (Å²) in [5.74, 6) is 0.484. The summed E-state index contributed by atoms with van der Waals surface area (Å²) in [6, 6.07) is 10.6. The maximum absolute atomic E-state index is 12.5. The van der Waals surface area contributed by atoms with Crippen molar-refractivity contribution in [1.29, 1.82) is 0 Å². The van der Waals surface area contributed by atoms with E-state index >= 15 is 0 Å². The second kappa shape index (κ2) is 7.11. The van der Waals surface area contributed by atoms with Gasteiger partial charge >= 0.3 is 0 Å². The third-order valence-corrected chi connectivity index (χ3v) is 6.78. The Morgan fingerprint density at radius 1 is 1.24 bits per heavy atom. The van der Waals surface area contributed by atoms with Crippen LogP contribution in [0.2, 0.25) is 5.02 Å². The number of hydrogen-bond donors (Lipinski definition) is 0. The molecule has 0 amide bonds. The van der Waals surface area contributed by atoms with Crippen LogP contribution in [0, 0.1) is 0 Å². The average Bonchev–Trinajstić information content (AvgIpc) is 2.88. The summed E-state index contributed by atoms with van der Waals surface area (Å²) in [7, 11) is -1.92. The second-order valence-electron chi connectivity index (χ2n) is 4.55. The first kappa shape index (κ1) is 16.8. The molecule has 0 aliphatic rings. The Kier molecular flexibility index (Phi) is 5.68. The zero-order chi connectivity index (χ0) is 15.5. The zero-order valence-electron chi connectivity index (χ0n) is 11.4. The number of benzene rings is 1. The lowest BCUT2D eigenvalue weighted by Gasteiger charge is -2.16. The molecule has 0 spiro atoms. The van der Waals surface area contributed by atoms with Gasteiger partial charge in [0.05, 0.1) is 0 Å². The van der Waals surface area contributed by atoms with Crippen molar-refractivity contribution in [2.45, 2.75) is 17.2 Å². The third-order valence-electron chi connectivity index (χ3n) is 2.94. The van der Waals surface area contributed by atoms with Crippen molar-refractivity contribution < 1.29 is 8.42 Å². The predicted octanol–water partition coefficient (Wildman–Crippen LogP) is 4.00. The first-order valence-electron chi connectivity index (χ1n) is 6.29.